The molecule has 1 aromatic heterocycles. The fraction of sp³-hybridized carbons (Fsp3) is 0.0870. The normalized spacial score (nSPS) is 10.7. The largest absolute Gasteiger partial charge is 0.497 e. The topological polar surface area (TPSA) is 57.9 Å². The van der Waals surface area contributed by atoms with E-state index >= 15 is 0 Å². The molecule has 5 nitrogen and oxygen atoms in total. The summed E-state index contributed by atoms with van der Waals surface area (Å²) in [4.78, 5) is 12.7. The SMILES string of the molecule is COc1cccc(Oc2coc3cc(OCc4ccccc4Cl)ccc3c2=O)c1. The van der Waals surface area contributed by atoms with Gasteiger partial charge in [-0.1, -0.05) is 35.9 Å². The molecule has 1 heterocycles. The van der Waals surface area contributed by atoms with Crippen molar-refractivity contribution in [2.24, 2.45) is 0 Å². The van der Waals surface area contributed by atoms with Crippen LogP contribution in [0.3, 0.4) is 0 Å². The summed E-state index contributed by atoms with van der Waals surface area (Å²) in [5.74, 6) is 1.78. The number of hydrogen-bond donors (Lipinski definition) is 0. The van der Waals surface area contributed by atoms with Crippen LogP contribution in [0, 0.1) is 0 Å². The Kier molecular flexibility index (Phi) is 5.40. The van der Waals surface area contributed by atoms with Crippen molar-refractivity contribution in [2.75, 3.05) is 7.11 Å². The Morgan fingerprint density at radius 2 is 1.76 bits per heavy atom. The van der Waals surface area contributed by atoms with Crippen LogP contribution in [0.15, 0.2) is 82.2 Å². The summed E-state index contributed by atoms with van der Waals surface area (Å²) in [5, 5.41) is 1.04. The maximum atomic E-state index is 12.7. The van der Waals surface area contributed by atoms with Gasteiger partial charge in [-0.15, -0.1) is 0 Å². The van der Waals surface area contributed by atoms with Gasteiger partial charge in [-0.25, -0.2) is 0 Å². The molecular formula is C23H17ClO5. The molecule has 4 rings (SSSR count). The van der Waals surface area contributed by atoms with E-state index in [4.69, 9.17) is 30.2 Å². The van der Waals surface area contributed by atoms with Crippen LogP contribution in [0.1, 0.15) is 5.56 Å². The summed E-state index contributed by atoms with van der Waals surface area (Å²) in [6.45, 7) is 0.312. The molecular weight excluding hydrogens is 392 g/mol. The van der Waals surface area contributed by atoms with E-state index in [0.29, 0.717) is 39.8 Å². The molecule has 0 fully saturated rings. The highest BCUT2D eigenvalue weighted by atomic mass is 35.5. The predicted octanol–water partition coefficient (Wildman–Crippen LogP) is 5.83. The number of hydrogen-bond acceptors (Lipinski definition) is 5. The highest BCUT2D eigenvalue weighted by Crippen LogP contribution is 2.27. The number of benzene rings is 3. The maximum Gasteiger partial charge on any atom is 0.235 e. The molecule has 4 aromatic rings. The van der Waals surface area contributed by atoms with E-state index in [0.717, 1.165) is 5.56 Å². The van der Waals surface area contributed by atoms with Crippen LogP contribution in [0.25, 0.3) is 11.0 Å². The first kappa shape index (κ1) is 18.9. The van der Waals surface area contributed by atoms with Crippen molar-refractivity contribution in [1.82, 2.24) is 0 Å². The molecule has 0 unspecified atom stereocenters. The van der Waals surface area contributed by atoms with Gasteiger partial charge in [0.05, 0.1) is 12.5 Å². The molecule has 146 valence electrons. The maximum absolute atomic E-state index is 12.7. The van der Waals surface area contributed by atoms with Crippen molar-refractivity contribution in [3.63, 3.8) is 0 Å². The number of halogens is 1. The number of methoxy groups -OCH3 is 1. The van der Waals surface area contributed by atoms with E-state index in [1.54, 1.807) is 49.6 Å². The lowest BCUT2D eigenvalue weighted by Gasteiger charge is -2.09. The summed E-state index contributed by atoms with van der Waals surface area (Å²) in [6, 6.07) is 19.5. The van der Waals surface area contributed by atoms with Gasteiger partial charge in [-0.05, 0) is 30.3 Å². The summed E-state index contributed by atoms with van der Waals surface area (Å²) >= 11 is 6.15. The van der Waals surface area contributed by atoms with Crippen molar-refractivity contribution in [3.8, 4) is 23.0 Å². The molecule has 6 heteroatoms. The van der Waals surface area contributed by atoms with Gasteiger partial charge >= 0.3 is 0 Å². The van der Waals surface area contributed by atoms with Crippen LogP contribution < -0.4 is 19.6 Å². The Morgan fingerprint density at radius 3 is 2.59 bits per heavy atom. The second-order valence-electron chi connectivity index (χ2n) is 6.25. The zero-order valence-corrected chi connectivity index (χ0v) is 16.3. The van der Waals surface area contributed by atoms with Gasteiger partial charge in [0.15, 0.2) is 0 Å². The van der Waals surface area contributed by atoms with Crippen LogP contribution in [-0.2, 0) is 6.61 Å². The Morgan fingerprint density at radius 1 is 0.931 bits per heavy atom. The molecule has 0 saturated carbocycles. The quantitative estimate of drug-likeness (QED) is 0.402. The molecule has 0 saturated heterocycles. The van der Waals surface area contributed by atoms with Crippen molar-refractivity contribution in [2.45, 2.75) is 6.61 Å². The molecule has 0 spiro atoms. The third-order valence-corrected chi connectivity index (χ3v) is 4.70. The second-order valence-corrected chi connectivity index (χ2v) is 6.66. The fourth-order valence-electron chi connectivity index (χ4n) is 2.82. The molecule has 0 aliphatic rings. The molecule has 3 aromatic carbocycles. The summed E-state index contributed by atoms with van der Waals surface area (Å²) < 4.78 is 22.2. The standard InChI is InChI=1S/C23H17ClO5/c1-26-16-6-4-7-18(11-16)29-22-14-28-21-12-17(9-10-19(21)23(22)25)27-13-15-5-2-3-8-20(15)24/h2-12,14H,13H2,1H3. The molecule has 0 radical (unpaired) electrons. The molecule has 0 N–H and O–H groups in total. The van der Waals surface area contributed by atoms with E-state index < -0.39 is 0 Å². The van der Waals surface area contributed by atoms with E-state index in [-0.39, 0.29) is 11.2 Å². The Balaban J connectivity index is 1.56. The lowest BCUT2D eigenvalue weighted by Crippen LogP contribution is -2.05. The first-order valence-electron chi connectivity index (χ1n) is 8.88. The van der Waals surface area contributed by atoms with Crippen molar-refractivity contribution in [3.05, 3.63) is 93.8 Å². The van der Waals surface area contributed by atoms with Gasteiger partial charge in [-0.2, -0.15) is 0 Å². The number of rotatable bonds is 6. The average Bonchev–Trinajstić information content (AvgIpc) is 2.75. The predicted molar refractivity (Wildman–Crippen MR) is 111 cm³/mol. The van der Waals surface area contributed by atoms with E-state index in [2.05, 4.69) is 0 Å². The van der Waals surface area contributed by atoms with Crippen LogP contribution in [0.4, 0.5) is 0 Å². The second kappa shape index (κ2) is 8.29. The zero-order valence-electron chi connectivity index (χ0n) is 15.6. The lowest BCUT2D eigenvalue weighted by atomic mass is 10.2. The number of fused-ring (bicyclic) bond motifs is 1. The summed E-state index contributed by atoms with van der Waals surface area (Å²) in [7, 11) is 1.56. The van der Waals surface area contributed by atoms with Gasteiger partial charge in [0, 0.05) is 22.7 Å². The molecule has 0 aliphatic heterocycles. The monoisotopic (exact) mass is 408 g/mol. The first-order chi connectivity index (χ1) is 14.1. The van der Waals surface area contributed by atoms with Crippen molar-refractivity contribution in [1.29, 1.82) is 0 Å². The van der Waals surface area contributed by atoms with Crippen molar-refractivity contribution < 1.29 is 18.6 Å². The minimum absolute atomic E-state index is 0.0930. The summed E-state index contributed by atoms with van der Waals surface area (Å²) in [6.07, 6.45) is 1.29. The van der Waals surface area contributed by atoms with E-state index in [1.807, 2.05) is 24.3 Å². The third kappa shape index (κ3) is 4.20. The lowest BCUT2D eigenvalue weighted by molar-refractivity contribution is 0.306. The van der Waals surface area contributed by atoms with Crippen LogP contribution >= 0.6 is 11.6 Å². The molecule has 0 aliphatic carbocycles. The fourth-order valence-corrected chi connectivity index (χ4v) is 3.01. The zero-order chi connectivity index (χ0) is 20.2. The highest BCUT2D eigenvalue weighted by Gasteiger charge is 2.11. The van der Waals surface area contributed by atoms with Gasteiger partial charge in [0.1, 0.15) is 35.7 Å². The Bertz CT molecular complexity index is 1220. The molecule has 0 amide bonds. The van der Waals surface area contributed by atoms with Gasteiger partial charge in [0.2, 0.25) is 11.2 Å². The average molecular weight is 409 g/mol. The van der Waals surface area contributed by atoms with E-state index in [9.17, 15) is 4.79 Å². The molecule has 0 atom stereocenters. The minimum Gasteiger partial charge on any atom is -0.497 e. The minimum atomic E-state index is -0.272. The first-order valence-corrected chi connectivity index (χ1v) is 9.25. The van der Waals surface area contributed by atoms with E-state index in [1.165, 1.54) is 6.26 Å². The smallest absolute Gasteiger partial charge is 0.235 e. The highest BCUT2D eigenvalue weighted by molar-refractivity contribution is 6.31. The third-order valence-electron chi connectivity index (χ3n) is 4.34. The summed E-state index contributed by atoms with van der Waals surface area (Å²) in [5.41, 5.74) is 1.01. The van der Waals surface area contributed by atoms with Crippen LogP contribution in [-0.4, -0.2) is 7.11 Å². The number of ether oxygens (including phenoxy) is 3. The van der Waals surface area contributed by atoms with Gasteiger partial charge in [0.25, 0.3) is 0 Å². The Labute approximate surface area is 172 Å². The van der Waals surface area contributed by atoms with Crippen LogP contribution in [0.5, 0.6) is 23.0 Å². The van der Waals surface area contributed by atoms with Crippen molar-refractivity contribution >= 4 is 22.6 Å². The molecule has 29 heavy (non-hydrogen) atoms. The molecule has 0 bridgehead atoms. The van der Waals surface area contributed by atoms with Gasteiger partial charge < -0.3 is 18.6 Å². The Hall–Kier alpha value is -3.44. The van der Waals surface area contributed by atoms with Crippen LogP contribution in [0.2, 0.25) is 5.02 Å². The van der Waals surface area contributed by atoms with Gasteiger partial charge in [-0.3, -0.25) is 4.79 Å².